The molecule has 1 heterocycles. The highest BCUT2D eigenvalue weighted by Crippen LogP contribution is 2.35. The predicted molar refractivity (Wildman–Crippen MR) is 68.0 cm³/mol. The fourth-order valence-electron chi connectivity index (χ4n) is 2.22. The van der Waals surface area contributed by atoms with Crippen molar-refractivity contribution in [3.8, 4) is 0 Å². The van der Waals surface area contributed by atoms with Gasteiger partial charge in [-0.25, -0.2) is 0 Å². The van der Waals surface area contributed by atoms with Crippen LogP contribution in [0, 0.1) is 0 Å². The lowest BCUT2D eigenvalue weighted by Crippen LogP contribution is -2.23. The topological polar surface area (TPSA) is 46.3 Å². The van der Waals surface area contributed by atoms with E-state index in [1.807, 2.05) is 0 Å². The van der Waals surface area contributed by atoms with E-state index in [-0.39, 0.29) is 5.91 Å². The van der Waals surface area contributed by atoms with Gasteiger partial charge < -0.3 is 10.6 Å². The fraction of sp³-hybridized carbons (Fsp3) is 0.583. The Hall–Kier alpha value is -1.03. The van der Waals surface area contributed by atoms with Gasteiger partial charge in [0.1, 0.15) is 0 Å². The molecule has 0 atom stereocenters. The first kappa shape index (κ1) is 11.5. The quantitative estimate of drug-likeness (QED) is 0.763. The molecule has 0 aromatic carbocycles. The van der Waals surface area contributed by atoms with Crippen LogP contribution in [0.25, 0.3) is 0 Å². The number of nitrogens with zero attached hydrogens (tertiary/aromatic N) is 1. The Morgan fingerprint density at radius 2 is 1.94 bits per heavy atom. The molecule has 16 heavy (non-hydrogen) atoms. The molecule has 2 rings (SSSR count). The zero-order valence-corrected chi connectivity index (χ0v) is 10.7. The van der Waals surface area contributed by atoms with E-state index in [9.17, 15) is 4.79 Å². The van der Waals surface area contributed by atoms with Crippen LogP contribution in [-0.2, 0) is 12.8 Å². The third-order valence-corrected chi connectivity index (χ3v) is 4.19. The molecule has 4 heteroatoms. The van der Waals surface area contributed by atoms with Crippen LogP contribution < -0.4 is 5.73 Å². The Balaban J connectivity index is 2.44. The number of anilines is 1. The second-order valence-electron chi connectivity index (χ2n) is 4.50. The number of nitrogen functional groups attached to an aromatic ring is 1. The minimum absolute atomic E-state index is 0.0527. The van der Waals surface area contributed by atoms with E-state index in [2.05, 4.69) is 0 Å². The molecule has 0 radical (unpaired) electrons. The zero-order chi connectivity index (χ0) is 11.7. The lowest BCUT2D eigenvalue weighted by atomic mass is 10.0. The lowest BCUT2D eigenvalue weighted by molar-refractivity contribution is 0.0828. The number of nitrogens with two attached hydrogens (primary N) is 1. The average molecular weight is 238 g/mol. The summed E-state index contributed by atoms with van der Waals surface area (Å²) in [5.41, 5.74) is 7.97. The van der Waals surface area contributed by atoms with Gasteiger partial charge in [0.05, 0.1) is 10.6 Å². The monoisotopic (exact) mass is 238 g/mol. The Labute approximate surface area is 100 Å². The maximum Gasteiger partial charge on any atom is 0.256 e. The van der Waals surface area contributed by atoms with Crippen molar-refractivity contribution in [1.82, 2.24) is 4.90 Å². The van der Waals surface area contributed by atoms with Crippen molar-refractivity contribution in [3.05, 3.63) is 16.0 Å². The number of hydrogen-bond acceptors (Lipinski definition) is 3. The molecule has 1 aromatic rings. The van der Waals surface area contributed by atoms with Crippen LogP contribution in [0.5, 0.6) is 0 Å². The van der Waals surface area contributed by atoms with Gasteiger partial charge in [-0.2, -0.15) is 0 Å². The van der Waals surface area contributed by atoms with Crippen molar-refractivity contribution in [2.24, 2.45) is 0 Å². The molecule has 1 aliphatic rings. The highest BCUT2D eigenvalue weighted by molar-refractivity contribution is 7.16. The van der Waals surface area contributed by atoms with Crippen molar-refractivity contribution < 1.29 is 4.79 Å². The number of amides is 1. The van der Waals surface area contributed by atoms with Crippen LogP contribution >= 0.6 is 11.3 Å². The van der Waals surface area contributed by atoms with E-state index in [0.29, 0.717) is 5.00 Å². The lowest BCUT2D eigenvalue weighted by Gasteiger charge is -2.11. The van der Waals surface area contributed by atoms with E-state index in [0.717, 1.165) is 18.4 Å². The van der Waals surface area contributed by atoms with E-state index in [4.69, 9.17) is 5.73 Å². The summed E-state index contributed by atoms with van der Waals surface area (Å²) in [5, 5.41) is 0.700. The molecular formula is C12H18N2OS. The number of carbonyl (C=O) groups excluding carboxylic acids is 1. The van der Waals surface area contributed by atoms with Crippen molar-refractivity contribution in [2.45, 2.75) is 32.1 Å². The predicted octanol–water partition coefficient (Wildman–Crippen LogP) is 2.30. The van der Waals surface area contributed by atoms with Gasteiger partial charge in [-0.3, -0.25) is 4.79 Å². The molecular weight excluding hydrogens is 220 g/mol. The summed E-state index contributed by atoms with van der Waals surface area (Å²) >= 11 is 1.61. The zero-order valence-electron chi connectivity index (χ0n) is 9.88. The van der Waals surface area contributed by atoms with E-state index >= 15 is 0 Å². The Kier molecular flexibility index (Phi) is 3.19. The van der Waals surface area contributed by atoms with Crippen LogP contribution in [0.2, 0.25) is 0 Å². The standard InChI is InChI=1S/C12H18N2OS/c1-14(2)12(15)10-8-6-4-3-5-7-9(8)16-11(10)13/h3-7,13H2,1-2H3. The van der Waals surface area contributed by atoms with Gasteiger partial charge >= 0.3 is 0 Å². The molecule has 0 aliphatic heterocycles. The molecule has 0 fully saturated rings. The molecule has 0 saturated heterocycles. The van der Waals surface area contributed by atoms with Crippen molar-refractivity contribution in [3.63, 3.8) is 0 Å². The highest BCUT2D eigenvalue weighted by atomic mass is 32.1. The third kappa shape index (κ3) is 1.94. The summed E-state index contributed by atoms with van der Waals surface area (Å²) in [6, 6.07) is 0. The first-order valence-corrected chi connectivity index (χ1v) is 6.54. The van der Waals surface area contributed by atoms with Gasteiger partial charge in [0.2, 0.25) is 0 Å². The van der Waals surface area contributed by atoms with E-state index in [1.165, 1.54) is 29.7 Å². The largest absolute Gasteiger partial charge is 0.390 e. The van der Waals surface area contributed by atoms with Crippen LogP contribution in [-0.4, -0.2) is 24.9 Å². The molecule has 3 nitrogen and oxygen atoms in total. The average Bonchev–Trinajstić information content (AvgIpc) is 2.41. The Morgan fingerprint density at radius 3 is 2.62 bits per heavy atom. The molecule has 1 aromatic heterocycles. The Morgan fingerprint density at radius 1 is 1.25 bits per heavy atom. The van der Waals surface area contributed by atoms with Gasteiger partial charge in [0.25, 0.3) is 5.91 Å². The third-order valence-electron chi connectivity index (χ3n) is 3.07. The van der Waals surface area contributed by atoms with Gasteiger partial charge in [-0.1, -0.05) is 6.42 Å². The molecule has 0 bridgehead atoms. The van der Waals surface area contributed by atoms with Crippen LogP contribution in [0.3, 0.4) is 0 Å². The molecule has 1 aliphatic carbocycles. The van der Waals surface area contributed by atoms with Crippen LogP contribution in [0.15, 0.2) is 0 Å². The van der Waals surface area contributed by atoms with Gasteiger partial charge in [0.15, 0.2) is 0 Å². The summed E-state index contributed by atoms with van der Waals surface area (Å²) in [4.78, 5) is 15.0. The highest BCUT2D eigenvalue weighted by Gasteiger charge is 2.23. The molecule has 0 spiro atoms. The molecule has 88 valence electrons. The van der Waals surface area contributed by atoms with Gasteiger partial charge in [-0.15, -0.1) is 11.3 Å². The number of fused-ring (bicyclic) bond motifs is 1. The summed E-state index contributed by atoms with van der Waals surface area (Å²) < 4.78 is 0. The van der Waals surface area contributed by atoms with Crippen molar-refractivity contribution in [1.29, 1.82) is 0 Å². The molecule has 0 unspecified atom stereocenters. The molecule has 0 saturated carbocycles. The van der Waals surface area contributed by atoms with Crippen LogP contribution in [0.4, 0.5) is 5.00 Å². The maximum absolute atomic E-state index is 12.1. The number of carbonyl (C=O) groups is 1. The summed E-state index contributed by atoms with van der Waals surface area (Å²) in [6.45, 7) is 0. The minimum atomic E-state index is 0.0527. The van der Waals surface area contributed by atoms with E-state index < -0.39 is 0 Å². The molecule has 2 N–H and O–H groups in total. The number of hydrogen-bond donors (Lipinski definition) is 1. The Bertz CT molecular complexity index is 409. The smallest absolute Gasteiger partial charge is 0.256 e. The van der Waals surface area contributed by atoms with Crippen LogP contribution in [0.1, 0.15) is 40.1 Å². The number of aryl methyl sites for hydroxylation is 1. The first-order valence-electron chi connectivity index (χ1n) is 5.73. The summed E-state index contributed by atoms with van der Waals surface area (Å²) in [7, 11) is 3.56. The van der Waals surface area contributed by atoms with Crippen molar-refractivity contribution >= 4 is 22.2 Å². The summed E-state index contributed by atoms with van der Waals surface area (Å²) in [5.74, 6) is 0.0527. The van der Waals surface area contributed by atoms with Gasteiger partial charge in [0, 0.05) is 19.0 Å². The second kappa shape index (κ2) is 4.45. The number of rotatable bonds is 1. The minimum Gasteiger partial charge on any atom is -0.390 e. The fourth-order valence-corrected chi connectivity index (χ4v) is 3.37. The number of thiophene rings is 1. The normalized spacial score (nSPS) is 15.4. The molecule has 1 amide bonds. The summed E-state index contributed by atoms with van der Waals surface area (Å²) in [6.07, 6.45) is 5.76. The SMILES string of the molecule is CN(C)C(=O)c1c(N)sc2c1CCCCC2. The first-order chi connectivity index (χ1) is 7.61. The van der Waals surface area contributed by atoms with Gasteiger partial charge in [-0.05, 0) is 31.2 Å². The van der Waals surface area contributed by atoms with E-state index in [1.54, 1.807) is 30.3 Å². The van der Waals surface area contributed by atoms with Crippen molar-refractivity contribution in [2.75, 3.05) is 19.8 Å². The second-order valence-corrected chi connectivity index (χ2v) is 5.64. The maximum atomic E-state index is 12.1.